The van der Waals surface area contributed by atoms with Crippen LogP contribution >= 0.6 is 21.6 Å². The van der Waals surface area contributed by atoms with Crippen molar-refractivity contribution in [3.63, 3.8) is 0 Å². The third-order valence-electron chi connectivity index (χ3n) is 30.4. The molecule has 7 spiro atoms. The van der Waals surface area contributed by atoms with Gasteiger partial charge in [0, 0.05) is 78.7 Å². The van der Waals surface area contributed by atoms with Gasteiger partial charge in [-0.15, -0.1) is 0 Å². The van der Waals surface area contributed by atoms with Crippen molar-refractivity contribution in [2.24, 2.45) is 103 Å². The van der Waals surface area contributed by atoms with Crippen LogP contribution in [0.1, 0.15) is 208 Å². The summed E-state index contributed by atoms with van der Waals surface area (Å²) in [6, 6.07) is 7.31. The van der Waals surface area contributed by atoms with Crippen LogP contribution in [0.5, 0.6) is 0 Å². The summed E-state index contributed by atoms with van der Waals surface area (Å²) >= 11 is 0. The number of benzene rings is 1. The molecule has 10 heteroatoms. The molecule has 21 aliphatic rings. The molecule has 3 saturated heterocycles. The van der Waals surface area contributed by atoms with E-state index < -0.39 is 16.4 Å². The predicted molar refractivity (Wildman–Crippen MR) is 323 cm³/mol. The van der Waals surface area contributed by atoms with Gasteiger partial charge in [0.05, 0.1) is 11.0 Å². The second-order valence-corrected chi connectivity index (χ2v) is 35.0. The molecular formula is C72H93N3O5S2. The van der Waals surface area contributed by atoms with Gasteiger partial charge in [0.1, 0.15) is 11.2 Å². The highest BCUT2D eigenvalue weighted by Crippen LogP contribution is 2.90. The number of nitrogens with zero attached hydrogens (tertiary/aromatic N) is 2. The van der Waals surface area contributed by atoms with Crippen molar-refractivity contribution in [2.75, 3.05) is 37.7 Å². The van der Waals surface area contributed by atoms with E-state index in [1.165, 1.54) is 159 Å². The van der Waals surface area contributed by atoms with E-state index in [0.717, 1.165) is 61.2 Å². The van der Waals surface area contributed by atoms with Gasteiger partial charge in [-0.1, -0.05) is 114 Å². The first-order valence-corrected chi connectivity index (χ1v) is 37.2. The molecule has 11 aliphatic carbocycles. The van der Waals surface area contributed by atoms with Crippen LogP contribution in [0.25, 0.3) is 0 Å². The lowest BCUT2D eigenvalue weighted by Crippen LogP contribution is -2.78. The number of aryl methyl sites for hydroxylation is 1. The molecule has 10 fully saturated rings. The van der Waals surface area contributed by atoms with E-state index >= 15 is 9.59 Å². The standard InChI is InChI=1S/C72H93N3O5S2/c1-41-27-44-16-17-55-47-28-42-36-74(38-47)56(48-32-67(21-6-7-22-67)69(34-48)24-10-23-66(69)19-4-5-20-66)31-57(76)63-70-25-18-51-60-53-35-68(41,61(51)62(44)75(55)37-42)33-49-40-82-81-39-45-11-2-3-14-50(45)46(29-52(49)53)30-58(71(60,70)65(78)79-63)72(70)54-15-8-12-43(13-9-26-73)59(54)64(77)80-72/h8,12,15,29,41-42,45-50,53,55-56,58,61,76H,2-7,9-11,13-14,16-28,30-40,73H2,1H3. The number of esters is 2. The summed E-state index contributed by atoms with van der Waals surface area (Å²) in [5.74, 6) is 7.11. The van der Waals surface area contributed by atoms with E-state index in [1.54, 1.807) is 22.4 Å². The fraction of sp³-hybridized carbons (Fsp3) is 0.778. The molecule has 22 rings (SSSR count). The Morgan fingerprint density at radius 2 is 1.62 bits per heavy atom. The average Bonchev–Trinajstić information content (AvgIpc) is 1.26. The molecule has 19 atom stereocenters. The van der Waals surface area contributed by atoms with E-state index in [4.69, 9.17) is 15.2 Å². The summed E-state index contributed by atoms with van der Waals surface area (Å²) in [5.41, 5.74) is 15.4. The Hall–Kier alpha value is -2.66. The number of rotatable bonds is 4. The molecule has 1 aromatic carbocycles. The fourth-order valence-electron chi connectivity index (χ4n) is 28.3. The van der Waals surface area contributed by atoms with Gasteiger partial charge in [-0.05, 0) is 222 Å². The van der Waals surface area contributed by atoms with Crippen molar-refractivity contribution < 1.29 is 24.2 Å². The van der Waals surface area contributed by atoms with Crippen LogP contribution in [0.2, 0.25) is 0 Å². The highest BCUT2D eigenvalue weighted by Gasteiger charge is 2.94. The van der Waals surface area contributed by atoms with E-state index in [1.807, 2.05) is 0 Å². The van der Waals surface area contributed by atoms with E-state index in [0.29, 0.717) is 101 Å². The minimum absolute atomic E-state index is 0.100. The second kappa shape index (κ2) is 17.6. The van der Waals surface area contributed by atoms with Gasteiger partial charge in [-0.3, -0.25) is 9.69 Å². The van der Waals surface area contributed by atoms with Gasteiger partial charge in [0.25, 0.3) is 0 Å². The molecule has 8 nitrogen and oxygen atoms in total. The zero-order valence-corrected chi connectivity index (χ0v) is 51.1. The lowest BCUT2D eigenvalue weighted by atomic mass is 9.26. The van der Waals surface area contributed by atoms with Crippen LogP contribution in [0.15, 0.2) is 63.8 Å². The number of aliphatic hydroxyl groups excluding tert-OH is 1. The number of aliphatic hydroxyl groups is 1. The first-order chi connectivity index (χ1) is 40.0. The van der Waals surface area contributed by atoms with Crippen LogP contribution < -0.4 is 5.73 Å². The van der Waals surface area contributed by atoms with Crippen molar-refractivity contribution in [3.05, 3.63) is 80.5 Å². The maximum atomic E-state index is 17.2. The zero-order valence-electron chi connectivity index (χ0n) is 49.4. The molecule has 438 valence electrons. The summed E-state index contributed by atoms with van der Waals surface area (Å²) in [6.07, 6.45) is 37.8. The second-order valence-electron chi connectivity index (χ2n) is 32.4. The van der Waals surface area contributed by atoms with Gasteiger partial charge in [-0.2, -0.15) is 0 Å². The van der Waals surface area contributed by atoms with Crippen LogP contribution in [0.3, 0.4) is 0 Å². The quantitative estimate of drug-likeness (QED) is 0.172. The van der Waals surface area contributed by atoms with Gasteiger partial charge >= 0.3 is 11.9 Å². The summed E-state index contributed by atoms with van der Waals surface area (Å²) in [5, 5.41) is 14.3. The number of hydrogen-bond donors (Lipinski definition) is 2. The molecule has 0 aromatic heterocycles. The van der Waals surface area contributed by atoms with E-state index in [-0.39, 0.29) is 47.1 Å². The van der Waals surface area contributed by atoms with Gasteiger partial charge in [0.15, 0.2) is 11.4 Å². The van der Waals surface area contributed by atoms with Crippen molar-refractivity contribution in [1.29, 1.82) is 0 Å². The Morgan fingerprint density at radius 1 is 0.793 bits per heavy atom. The van der Waals surface area contributed by atoms with Crippen molar-refractivity contribution in [2.45, 2.75) is 211 Å². The largest absolute Gasteiger partial charge is 0.509 e. The van der Waals surface area contributed by atoms with Crippen LogP contribution in [0, 0.1) is 97.6 Å². The molecule has 7 saturated carbocycles. The third kappa shape index (κ3) is 5.95. The van der Waals surface area contributed by atoms with Crippen LogP contribution in [-0.4, -0.2) is 76.6 Å². The van der Waals surface area contributed by atoms with Crippen LogP contribution in [0.4, 0.5) is 0 Å². The molecule has 16 bridgehead atoms. The van der Waals surface area contributed by atoms with E-state index in [9.17, 15) is 5.11 Å². The van der Waals surface area contributed by atoms with Crippen molar-refractivity contribution in [3.8, 4) is 0 Å². The number of nitrogens with two attached hydrogens (primary N) is 1. The number of ether oxygens (including phenoxy) is 2. The lowest BCUT2D eigenvalue weighted by molar-refractivity contribution is -0.284. The number of piperidine rings is 2. The summed E-state index contributed by atoms with van der Waals surface area (Å²) in [4.78, 5) is 39.1. The molecule has 0 radical (unpaired) electrons. The topological polar surface area (TPSA) is 105 Å². The first kappa shape index (κ1) is 51.4. The van der Waals surface area contributed by atoms with Crippen molar-refractivity contribution >= 4 is 33.5 Å². The van der Waals surface area contributed by atoms with Crippen LogP contribution in [-0.2, 0) is 26.3 Å². The highest BCUT2D eigenvalue weighted by molar-refractivity contribution is 8.76. The monoisotopic (exact) mass is 1140 g/mol. The minimum atomic E-state index is -1.15. The Kier molecular flexibility index (Phi) is 11.0. The molecule has 3 N–H and O–H groups in total. The first-order valence-electron chi connectivity index (χ1n) is 34.7. The molecular weight excluding hydrogens is 1050 g/mol. The van der Waals surface area contributed by atoms with Gasteiger partial charge < -0.3 is 25.2 Å². The Morgan fingerprint density at radius 3 is 2.49 bits per heavy atom. The molecule has 10 aliphatic heterocycles. The Bertz CT molecular complexity index is 3110. The Balaban J connectivity index is 0.885. The number of fused-ring (bicyclic) bond motifs is 8. The summed E-state index contributed by atoms with van der Waals surface area (Å²) < 4.78 is 15.2. The summed E-state index contributed by atoms with van der Waals surface area (Å²) in [7, 11) is 4.37. The smallest absolute Gasteiger partial charge is 0.339 e. The summed E-state index contributed by atoms with van der Waals surface area (Å²) in [6.45, 7) is 6.62. The zero-order chi connectivity index (χ0) is 54.5. The molecule has 82 heavy (non-hydrogen) atoms. The molecule has 0 amide bonds. The maximum absolute atomic E-state index is 17.2. The fourth-order valence-corrected chi connectivity index (χ4v) is 31.1. The normalized spacial score (nSPS) is 49.0. The van der Waals surface area contributed by atoms with Gasteiger partial charge in [0.2, 0.25) is 0 Å². The number of allylic oxidation sites excluding steroid dienone is 4. The molecule has 10 heterocycles. The number of hydrogen-bond acceptors (Lipinski definition) is 10. The van der Waals surface area contributed by atoms with E-state index in [2.05, 4.69) is 62.6 Å². The SMILES string of the molecule is CC1CC2=C3C4C5=C6C7CC14CC1CSSCC4CCCCC4C(C=C17)CC1C64C(=O)OC(=C(O)CC(C6CC7(CCCC7)C7(CCCC78CCCC8)C6)N6CC7CC(C6)C(CC2)N3C7)C4(CC5)C12OC(=O)c1c(CCCN)cccc12. The highest BCUT2D eigenvalue weighted by atomic mass is 33.1. The lowest BCUT2D eigenvalue weighted by Gasteiger charge is -2.75. The van der Waals surface area contributed by atoms with Gasteiger partial charge in [-0.25, -0.2) is 4.79 Å². The third-order valence-corrected chi connectivity index (χ3v) is 33.0. The molecule has 1 aromatic rings. The number of carbonyl (C=O) groups excluding carboxylic acids is 2. The number of carbonyl (C=O) groups is 2. The predicted octanol–water partition coefficient (Wildman–Crippen LogP) is 14.9. The Labute approximate surface area is 497 Å². The average molecular weight is 1140 g/mol. The minimum Gasteiger partial charge on any atom is -0.509 e. The maximum Gasteiger partial charge on any atom is 0.339 e. The van der Waals surface area contributed by atoms with Crippen molar-refractivity contribution in [1.82, 2.24) is 9.80 Å². The molecule has 19 unspecified atom stereocenters.